The fraction of sp³-hybridized carbons (Fsp3) is 0.364. The SMILES string of the molecule is O=C(CCCCBr)Nc1cc(Cl)c(O)c(Cl)c1. The molecule has 0 atom stereocenters. The van der Waals surface area contributed by atoms with Gasteiger partial charge in [-0.25, -0.2) is 0 Å². The van der Waals surface area contributed by atoms with Crippen LogP contribution in [0.5, 0.6) is 5.75 Å². The van der Waals surface area contributed by atoms with E-state index >= 15 is 0 Å². The molecule has 1 aromatic rings. The van der Waals surface area contributed by atoms with E-state index in [9.17, 15) is 9.90 Å². The van der Waals surface area contributed by atoms with Gasteiger partial charge in [-0.2, -0.15) is 0 Å². The lowest BCUT2D eigenvalue weighted by molar-refractivity contribution is -0.116. The van der Waals surface area contributed by atoms with Crippen molar-refractivity contribution in [1.82, 2.24) is 0 Å². The molecule has 1 amide bonds. The maximum absolute atomic E-state index is 11.5. The molecule has 17 heavy (non-hydrogen) atoms. The number of alkyl halides is 1. The Labute approximate surface area is 118 Å². The van der Waals surface area contributed by atoms with Crippen LogP contribution in [0.4, 0.5) is 5.69 Å². The number of hydrogen-bond acceptors (Lipinski definition) is 2. The smallest absolute Gasteiger partial charge is 0.224 e. The third kappa shape index (κ3) is 4.74. The molecular weight excluding hydrogens is 329 g/mol. The number of amides is 1. The van der Waals surface area contributed by atoms with Crippen LogP contribution in [0.3, 0.4) is 0 Å². The number of halogens is 3. The molecule has 94 valence electrons. The quantitative estimate of drug-likeness (QED) is 0.479. The van der Waals surface area contributed by atoms with E-state index in [0.717, 1.165) is 18.2 Å². The summed E-state index contributed by atoms with van der Waals surface area (Å²) in [5, 5.41) is 13.2. The number of carbonyl (C=O) groups excluding carboxylic acids is 1. The van der Waals surface area contributed by atoms with Gasteiger partial charge in [-0.15, -0.1) is 0 Å². The predicted octanol–water partition coefficient (Wildman–Crippen LogP) is 4.20. The fourth-order valence-corrected chi connectivity index (χ4v) is 2.12. The van der Waals surface area contributed by atoms with Crippen LogP contribution in [0.15, 0.2) is 12.1 Å². The number of nitrogens with one attached hydrogen (secondary N) is 1. The molecule has 1 rings (SSSR count). The predicted molar refractivity (Wildman–Crippen MR) is 74.4 cm³/mol. The average Bonchev–Trinajstić information content (AvgIpc) is 2.26. The molecule has 0 aliphatic carbocycles. The van der Waals surface area contributed by atoms with Gasteiger partial charge < -0.3 is 10.4 Å². The molecule has 0 radical (unpaired) electrons. The first-order chi connectivity index (χ1) is 8.04. The number of benzene rings is 1. The van der Waals surface area contributed by atoms with Crippen molar-refractivity contribution in [2.45, 2.75) is 19.3 Å². The molecular formula is C11H12BrCl2NO2. The molecule has 0 unspecified atom stereocenters. The summed E-state index contributed by atoms with van der Waals surface area (Å²) in [6, 6.07) is 2.93. The summed E-state index contributed by atoms with van der Waals surface area (Å²) < 4.78 is 0. The summed E-state index contributed by atoms with van der Waals surface area (Å²) in [6.45, 7) is 0. The van der Waals surface area contributed by atoms with E-state index in [-0.39, 0.29) is 21.7 Å². The van der Waals surface area contributed by atoms with Gasteiger partial charge in [0.2, 0.25) is 5.91 Å². The third-order valence-corrected chi connectivity index (χ3v) is 3.23. The lowest BCUT2D eigenvalue weighted by Gasteiger charge is -2.07. The van der Waals surface area contributed by atoms with E-state index < -0.39 is 0 Å². The van der Waals surface area contributed by atoms with Crippen LogP contribution in [0, 0.1) is 0 Å². The second-order valence-corrected chi connectivity index (χ2v) is 5.09. The maximum atomic E-state index is 11.5. The summed E-state index contributed by atoms with van der Waals surface area (Å²) in [6.07, 6.45) is 2.21. The summed E-state index contributed by atoms with van der Waals surface area (Å²) in [7, 11) is 0. The van der Waals surface area contributed by atoms with E-state index in [1.807, 2.05) is 0 Å². The molecule has 6 heteroatoms. The zero-order valence-corrected chi connectivity index (χ0v) is 12.1. The fourth-order valence-electron chi connectivity index (χ4n) is 1.24. The van der Waals surface area contributed by atoms with Crippen molar-refractivity contribution in [1.29, 1.82) is 0 Å². The van der Waals surface area contributed by atoms with Crippen LogP contribution in [-0.2, 0) is 4.79 Å². The number of hydrogen-bond donors (Lipinski definition) is 2. The lowest BCUT2D eigenvalue weighted by Crippen LogP contribution is -2.11. The van der Waals surface area contributed by atoms with Gasteiger partial charge >= 0.3 is 0 Å². The molecule has 0 heterocycles. The summed E-state index contributed by atoms with van der Waals surface area (Å²) in [4.78, 5) is 11.5. The van der Waals surface area contributed by atoms with Crippen LogP contribution < -0.4 is 5.32 Å². The van der Waals surface area contributed by atoms with Crippen LogP contribution in [-0.4, -0.2) is 16.3 Å². The molecule has 1 aromatic carbocycles. The molecule has 0 saturated carbocycles. The molecule has 0 spiro atoms. The Bertz CT molecular complexity index is 389. The number of aromatic hydroxyl groups is 1. The largest absolute Gasteiger partial charge is 0.505 e. The van der Waals surface area contributed by atoms with Crippen molar-refractivity contribution in [2.75, 3.05) is 10.6 Å². The monoisotopic (exact) mass is 339 g/mol. The molecule has 0 aromatic heterocycles. The zero-order valence-electron chi connectivity index (χ0n) is 8.97. The molecule has 2 N–H and O–H groups in total. The van der Waals surface area contributed by atoms with Crippen LogP contribution >= 0.6 is 39.1 Å². The standard InChI is InChI=1S/C11H12BrCl2NO2/c12-4-2-1-3-10(16)15-7-5-8(13)11(17)9(14)6-7/h5-6,17H,1-4H2,(H,15,16). The first-order valence-corrected chi connectivity index (χ1v) is 6.96. The Morgan fingerprint density at radius 3 is 2.41 bits per heavy atom. The summed E-state index contributed by atoms with van der Waals surface area (Å²) in [5.74, 6) is -0.269. The first-order valence-electron chi connectivity index (χ1n) is 5.08. The Morgan fingerprint density at radius 2 is 1.88 bits per heavy atom. The van der Waals surface area contributed by atoms with E-state index in [1.165, 1.54) is 12.1 Å². The minimum absolute atomic E-state index is 0.0937. The molecule has 0 aliphatic rings. The molecule has 0 bridgehead atoms. The maximum Gasteiger partial charge on any atom is 0.224 e. The molecule has 0 fully saturated rings. The highest BCUT2D eigenvalue weighted by atomic mass is 79.9. The van der Waals surface area contributed by atoms with Crippen molar-refractivity contribution in [3.8, 4) is 5.75 Å². The van der Waals surface area contributed by atoms with Crippen molar-refractivity contribution in [3.05, 3.63) is 22.2 Å². The highest BCUT2D eigenvalue weighted by Crippen LogP contribution is 2.34. The van der Waals surface area contributed by atoms with E-state index in [4.69, 9.17) is 23.2 Å². The van der Waals surface area contributed by atoms with Gasteiger partial charge in [-0.3, -0.25) is 4.79 Å². The van der Waals surface area contributed by atoms with Crippen molar-refractivity contribution in [2.24, 2.45) is 0 Å². The Kier molecular flexibility index (Phi) is 6.09. The number of carbonyl (C=O) groups is 1. The topological polar surface area (TPSA) is 49.3 Å². The minimum atomic E-state index is -0.175. The highest BCUT2D eigenvalue weighted by molar-refractivity contribution is 9.09. The Balaban J connectivity index is 2.60. The number of unbranched alkanes of at least 4 members (excludes halogenated alkanes) is 1. The summed E-state index contributed by atoms with van der Waals surface area (Å²) in [5.41, 5.74) is 0.488. The van der Waals surface area contributed by atoms with Gasteiger partial charge in [0, 0.05) is 17.4 Å². The van der Waals surface area contributed by atoms with Crippen LogP contribution in [0.25, 0.3) is 0 Å². The van der Waals surface area contributed by atoms with Crippen LogP contribution in [0.2, 0.25) is 10.0 Å². The van der Waals surface area contributed by atoms with Crippen molar-refractivity contribution >= 4 is 50.7 Å². The molecule has 0 aliphatic heterocycles. The molecule has 3 nitrogen and oxygen atoms in total. The van der Waals surface area contributed by atoms with E-state index in [1.54, 1.807) is 0 Å². The van der Waals surface area contributed by atoms with Gasteiger partial charge in [0.1, 0.15) is 0 Å². The summed E-state index contributed by atoms with van der Waals surface area (Å²) >= 11 is 14.8. The number of rotatable bonds is 5. The van der Waals surface area contributed by atoms with Gasteiger partial charge in [-0.05, 0) is 25.0 Å². The molecule has 0 saturated heterocycles. The van der Waals surface area contributed by atoms with Crippen molar-refractivity contribution in [3.63, 3.8) is 0 Å². The van der Waals surface area contributed by atoms with Crippen LogP contribution in [0.1, 0.15) is 19.3 Å². The second kappa shape index (κ2) is 7.09. The highest BCUT2D eigenvalue weighted by Gasteiger charge is 2.08. The second-order valence-electron chi connectivity index (χ2n) is 3.48. The lowest BCUT2D eigenvalue weighted by atomic mass is 10.2. The van der Waals surface area contributed by atoms with Gasteiger partial charge in [0.25, 0.3) is 0 Å². The average molecular weight is 341 g/mol. The number of anilines is 1. The number of phenolic OH excluding ortho intramolecular Hbond substituents is 1. The van der Waals surface area contributed by atoms with E-state index in [2.05, 4.69) is 21.2 Å². The zero-order chi connectivity index (χ0) is 12.8. The number of phenols is 1. The van der Waals surface area contributed by atoms with Gasteiger partial charge in [0.05, 0.1) is 10.0 Å². The third-order valence-electron chi connectivity index (χ3n) is 2.09. The van der Waals surface area contributed by atoms with Crippen molar-refractivity contribution < 1.29 is 9.90 Å². The first kappa shape index (κ1) is 14.6. The Hall–Kier alpha value is -0.450. The Morgan fingerprint density at radius 1 is 1.29 bits per heavy atom. The normalized spacial score (nSPS) is 10.3. The van der Waals surface area contributed by atoms with Gasteiger partial charge in [0.15, 0.2) is 5.75 Å². The minimum Gasteiger partial charge on any atom is -0.505 e. The van der Waals surface area contributed by atoms with E-state index in [0.29, 0.717) is 12.1 Å². The van der Waals surface area contributed by atoms with Gasteiger partial charge in [-0.1, -0.05) is 39.1 Å².